The van der Waals surface area contributed by atoms with Gasteiger partial charge in [0.25, 0.3) is 0 Å². The van der Waals surface area contributed by atoms with Crippen LogP contribution in [0.25, 0.3) is 0 Å². The summed E-state index contributed by atoms with van der Waals surface area (Å²) in [5.74, 6) is 0.229. The van der Waals surface area contributed by atoms with E-state index in [9.17, 15) is 9.59 Å². The van der Waals surface area contributed by atoms with Crippen LogP contribution in [-0.4, -0.2) is 18.9 Å². The summed E-state index contributed by atoms with van der Waals surface area (Å²) in [6.07, 6.45) is 12.0. The lowest BCUT2D eigenvalue weighted by atomic mass is 10.0. The molecule has 0 aromatic carbocycles. The predicted octanol–water partition coefficient (Wildman–Crippen LogP) is 4.43. The van der Waals surface area contributed by atoms with E-state index in [4.69, 9.17) is 0 Å². The van der Waals surface area contributed by atoms with Gasteiger partial charge in [-0.1, -0.05) is 45.4 Å². The molecule has 0 N–H and O–H groups in total. The fourth-order valence-electron chi connectivity index (χ4n) is 2.10. The van der Waals surface area contributed by atoms with Crippen LogP contribution in [0.2, 0.25) is 0 Å². The van der Waals surface area contributed by atoms with E-state index < -0.39 is 0 Å². The molecule has 3 nitrogen and oxygen atoms in total. The van der Waals surface area contributed by atoms with Gasteiger partial charge < -0.3 is 4.74 Å². The quantitative estimate of drug-likeness (QED) is 0.367. The Kier molecular flexibility index (Phi) is 13.0. The van der Waals surface area contributed by atoms with Crippen LogP contribution in [0.3, 0.4) is 0 Å². The molecule has 0 aliphatic carbocycles. The summed E-state index contributed by atoms with van der Waals surface area (Å²) in [6, 6.07) is 0. The topological polar surface area (TPSA) is 43.4 Å². The van der Waals surface area contributed by atoms with Gasteiger partial charge in [0.05, 0.1) is 7.11 Å². The Morgan fingerprint density at radius 3 is 1.79 bits per heavy atom. The van der Waals surface area contributed by atoms with Crippen LogP contribution in [0, 0.1) is 0 Å². The Labute approximate surface area is 118 Å². The minimum atomic E-state index is -0.154. The van der Waals surface area contributed by atoms with Crippen LogP contribution in [0.4, 0.5) is 0 Å². The molecule has 0 spiro atoms. The van der Waals surface area contributed by atoms with Gasteiger partial charge in [-0.15, -0.1) is 0 Å². The maximum atomic E-state index is 11.6. The molecule has 0 rings (SSSR count). The van der Waals surface area contributed by atoms with E-state index in [1.54, 1.807) is 0 Å². The number of carbonyl (C=O) groups excluding carboxylic acids is 2. The zero-order valence-corrected chi connectivity index (χ0v) is 12.7. The summed E-state index contributed by atoms with van der Waals surface area (Å²) >= 11 is 0. The van der Waals surface area contributed by atoms with Crippen molar-refractivity contribution in [1.29, 1.82) is 0 Å². The van der Waals surface area contributed by atoms with Gasteiger partial charge in [0, 0.05) is 19.3 Å². The number of ketones is 1. The lowest BCUT2D eigenvalue weighted by Crippen LogP contribution is -2.00. The largest absolute Gasteiger partial charge is 0.469 e. The average Bonchev–Trinajstić information content (AvgIpc) is 2.42. The number of rotatable bonds is 13. The smallest absolute Gasteiger partial charge is 0.305 e. The van der Waals surface area contributed by atoms with E-state index in [1.807, 2.05) is 0 Å². The summed E-state index contributed by atoms with van der Waals surface area (Å²) in [7, 11) is 1.41. The van der Waals surface area contributed by atoms with Crippen molar-refractivity contribution in [1.82, 2.24) is 0 Å². The first kappa shape index (κ1) is 18.1. The highest BCUT2D eigenvalue weighted by Gasteiger charge is 2.03. The number of Topliss-reactive ketones (excluding diaryl/α,β-unsaturated/α-hetero) is 1. The van der Waals surface area contributed by atoms with E-state index in [0.717, 1.165) is 32.1 Å². The van der Waals surface area contributed by atoms with Crippen LogP contribution in [0.1, 0.15) is 84.0 Å². The first-order chi connectivity index (χ1) is 9.20. The summed E-state index contributed by atoms with van der Waals surface area (Å²) in [6.45, 7) is 2.21. The molecule has 0 aliphatic heterocycles. The maximum absolute atomic E-state index is 11.6. The second kappa shape index (κ2) is 13.6. The Morgan fingerprint density at radius 2 is 1.21 bits per heavy atom. The van der Waals surface area contributed by atoms with E-state index in [1.165, 1.54) is 39.2 Å². The Bertz CT molecular complexity index is 236. The summed E-state index contributed by atoms with van der Waals surface area (Å²) in [5, 5.41) is 0. The maximum Gasteiger partial charge on any atom is 0.305 e. The van der Waals surface area contributed by atoms with Gasteiger partial charge in [-0.25, -0.2) is 0 Å². The molecule has 19 heavy (non-hydrogen) atoms. The fraction of sp³-hybridized carbons (Fsp3) is 0.875. The third-order valence-corrected chi connectivity index (χ3v) is 3.37. The van der Waals surface area contributed by atoms with Gasteiger partial charge >= 0.3 is 5.97 Å². The molecule has 0 amide bonds. The molecule has 0 unspecified atom stereocenters. The van der Waals surface area contributed by atoms with Crippen molar-refractivity contribution in [2.75, 3.05) is 7.11 Å². The lowest BCUT2D eigenvalue weighted by Gasteiger charge is -2.02. The van der Waals surface area contributed by atoms with E-state index >= 15 is 0 Å². The van der Waals surface area contributed by atoms with Crippen LogP contribution in [0.5, 0.6) is 0 Å². The number of hydrogen-bond acceptors (Lipinski definition) is 3. The standard InChI is InChI=1S/C16H30O3/c1-3-4-5-6-7-9-12-15(17)13-10-8-11-14-16(18)19-2/h3-14H2,1-2H3. The molecule has 0 atom stereocenters. The number of hydrogen-bond donors (Lipinski definition) is 0. The monoisotopic (exact) mass is 270 g/mol. The number of carbonyl (C=O) groups is 2. The summed E-state index contributed by atoms with van der Waals surface area (Å²) in [5.41, 5.74) is 0. The zero-order chi connectivity index (χ0) is 14.3. The minimum Gasteiger partial charge on any atom is -0.469 e. The molecule has 0 aromatic rings. The zero-order valence-electron chi connectivity index (χ0n) is 12.7. The molecular formula is C16H30O3. The third kappa shape index (κ3) is 13.4. The molecule has 0 saturated heterocycles. The van der Waals surface area contributed by atoms with Gasteiger partial charge in [-0.2, -0.15) is 0 Å². The van der Waals surface area contributed by atoms with Crippen molar-refractivity contribution in [3.8, 4) is 0 Å². The number of esters is 1. The van der Waals surface area contributed by atoms with Crippen molar-refractivity contribution in [2.45, 2.75) is 84.0 Å². The number of ether oxygens (including phenoxy) is 1. The van der Waals surface area contributed by atoms with Crippen molar-refractivity contribution >= 4 is 11.8 Å². The second-order valence-corrected chi connectivity index (χ2v) is 5.19. The van der Waals surface area contributed by atoms with Gasteiger partial charge in [0.15, 0.2) is 0 Å². The lowest BCUT2D eigenvalue weighted by molar-refractivity contribution is -0.140. The molecular weight excluding hydrogens is 240 g/mol. The normalized spacial score (nSPS) is 10.4. The Morgan fingerprint density at radius 1 is 0.737 bits per heavy atom. The highest BCUT2D eigenvalue weighted by Crippen LogP contribution is 2.10. The second-order valence-electron chi connectivity index (χ2n) is 5.19. The van der Waals surface area contributed by atoms with Crippen molar-refractivity contribution in [2.24, 2.45) is 0 Å². The van der Waals surface area contributed by atoms with E-state index in [-0.39, 0.29) is 5.97 Å². The van der Waals surface area contributed by atoms with Gasteiger partial charge in [0.1, 0.15) is 5.78 Å². The van der Waals surface area contributed by atoms with Crippen LogP contribution in [0.15, 0.2) is 0 Å². The molecule has 0 bridgehead atoms. The molecule has 3 heteroatoms. The first-order valence-corrected chi connectivity index (χ1v) is 7.79. The van der Waals surface area contributed by atoms with E-state index in [0.29, 0.717) is 18.6 Å². The van der Waals surface area contributed by atoms with Crippen LogP contribution < -0.4 is 0 Å². The van der Waals surface area contributed by atoms with Crippen molar-refractivity contribution < 1.29 is 14.3 Å². The van der Waals surface area contributed by atoms with Gasteiger partial charge in [-0.05, 0) is 19.3 Å². The molecule has 0 fully saturated rings. The van der Waals surface area contributed by atoms with Gasteiger partial charge in [0.2, 0.25) is 0 Å². The van der Waals surface area contributed by atoms with E-state index in [2.05, 4.69) is 11.7 Å². The summed E-state index contributed by atoms with van der Waals surface area (Å²) < 4.78 is 4.57. The SMILES string of the molecule is CCCCCCCCC(=O)CCCCCC(=O)OC. The third-order valence-electron chi connectivity index (χ3n) is 3.37. The van der Waals surface area contributed by atoms with Crippen LogP contribution >= 0.6 is 0 Å². The molecule has 0 saturated carbocycles. The average molecular weight is 270 g/mol. The highest BCUT2D eigenvalue weighted by atomic mass is 16.5. The number of methoxy groups -OCH3 is 1. The Balaban J connectivity index is 3.23. The van der Waals surface area contributed by atoms with Gasteiger partial charge in [-0.3, -0.25) is 9.59 Å². The fourth-order valence-corrected chi connectivity index (χ4v) is 2.10. The van der Waals surface area contributed by atoms with Crippen LogP contribution in [-0.2, 0) is 14.3 Å². The molecule has 0 heterocycles. The molecule has 112 valence electrons. The molecule has 0 aliphatic rings. The molecule has 0 aromatic heterocycles. The Hall–Kier alpha value is -0.860. The summed E-state index contributed by atoms with van der Waals surface area (Å²) in [4.78, 5) is 22.5. The first-order valence-electron chi connectivity index (χ1n) is 7.79. The highest BCUT2D eigenvalue weighted by molar-refractivity contribution is 5.78. The minimum absolute atomic E-state index is 0.154. The number of unbranched alkanes of at least 4 members (excludes halogenated alkanes) is 7. The van der Waals surface area contributed by atoms with Crippen molar-refractivity contribution in [3.05, 3.63) is 0 Å². The molecule has 0 radical (unpaired) electrons. The predicted molar refractivity (Wildman–Crippen MR) is 78.1 cm³/mol. The van der Waals surface area contributed by atoms with Crippen molar-refractivity contribution in [3.63, 3.8) is 0 Å².